The lowest BCUT2D eigenvalue weighted by Gasteiger charge is -2.06. The van der Waals surface area contributed by atoms with Gasteiger partial charge >= 0.3 is 0 Å². The number of rotatable bonds is 10. The molecule has 98 valence electrons. The molecule has 0 fully saturated rings. The van der Waals surface area contributed by atoms with Crippen LogP contribution in [0.5, 0.6) is 0 Å². The molecule has 0 aliphatic carbocycles. The predicted octanol–water partition coefficient (Wildman–Crippen LogP) is 4.11. The lowest BCUT2D eigenvalue weighted by Crippen LogP contribution is -2.01. The van der Waals surface area contributed by atoms with Crippen molar-refractivity contribution < 1.29 is 0 Å². The highest BCUT2D eigenvalue weighted by Crippen LogP contribution is 2.09. The highest BCUT2D eigenvalue weighted by atomic mass is 32.1. The van der Waals surface area contributed by atoms with Gasteiger partial charge in [0, 0.05) is 25.4 Å². The Labute approximate surface area is 111 Å². The van der Waals surface area contributed by atoms with E-state index in [0.717, 1.165) is 18.7 Å². The topological polar surface area (TPSA) is 17.8 Å². The van der Waals surface area contributed by atoms with Crippen LogP contribution in [0, 0.1) is 0 Å². The van der Waals surface area contributed by atoms with E-state index < -0.39 is 0 Å². The number of unbranched alkanes of at least 4 members (excludes halogenated alkanes) is 6. The lowest BCUT2D eigenvalue weighted by atomic mass is 10.1. The Balaban J connectivity index is 1.97. The van der Waals surface area contributed by atoms with Gasteiger partial charge in [-0.05, 0) is 18.6 Å². The van der Waals surface area contributed by atoms with Gasteiger partial charge in [-0.25, -0.2) is 4.98 Å². The number of imidazole rings is 1. The quantitative estimate of drug-likeness (QED) is 0.491. The van der Waals surface area contributed by atoms with Crippen molar-refractivity contribution in [1.29, 1.82) is 0 Å². The van der Waals surface area contributed by atoms with Crippen molar-refractivity contribution in [3.8, 4) is 0 Å². The van der Waals surface area contributed by atoms with Crippen molar-refractivity contribution in [2.24, 2.45) is 0 Å². The van der Waals surface area contributed by atoms with Crippen LogP contribution in [0.1, 0.15) is 57.7 Å². The Bertz CT molecular complexity index is 284. The van der Waals surface area contributed by atoms with E-state index in [4.69, 9.17) is 0 Å². The molecule has 1 aromatic heterocycles. The average molecular weight is 254 g/mol. The first-order valence-electron chi connectivity index (χ1n) is 6.99. The van der Waals surface area contributed by atoms with Crippen LogP contribution in [0.15, 0.2) is 12.4 Å². The van der Waals surface area contributed by atoms with Gasteiger partial charge in [-0.15, -0.1) is 0 Å². The zero-order valence-corrected chi connectivity index (χ0v) is 12.0. The largest absolute Gasteiger partial charge is 0.335 e. The van der Waals surface area contributed by atoms with E-state index in [1.807, 2.05) is 6.20 Å². The maximum absolute atomic E-state index is 4.34. The second kappa shape index (κ2) is 9.58. The summed E-state index contributed by atoms with van der Waals surface area (Å²) in [7, 11) is 0. The van der Waals surface area contributed by atoms with E-state index in [2.05, 4.69) is 35.3 Å². The summed E-state index contributed by atoms with van der Waals surface area (Å²) in [6.45, 7) is 3.31. The molecule has 0 aliphatic rings. The van der Waals surface area contributed by atoms with Gasteiger partial charge in [0.25, 0.3) is 0 Å². The monoisotopic (exact) mass is 254 g/mol. The van der Waals surface area contributed by atoms with Crippen molar-refractivity contribution >= 4 is 12.6 Å². The van der Waals surface area contributed by atoms with Crippen molar-refractivity contribution in [2.45, 2.75) is 64.8 Å². The minimum absolute atomic E-state index is 1.04. The summed E-state index contributed by atoms with van der Waals surface area (Å²) >= 11 is 4.22. The van der Waals surface area contributed by atoms with Crippen LogP contribution >= 0.6 is 12.6 Å². The fraction of sp³-hybridized carbons (Fsp3) is 0.786. The lowest BCUT2D eigenvalue weighted by molar-refractivity contribution is 0.541. The second-order valence-corrected chi connectivity index (χ2v) is 5.04. The summed E-state index contributed by atoms with van der Waals surface area (Å²) in [5.74, 6) is 2.26. The molecule has 0 atom stereocenters. The minimum Gasteiger partial charge on any atom is -0.335 e. The highest BCUT2D eigenvalue weighted by Gasteiger charge is 1.99. The Hall–Kier alpha value is -0.440. The van der Waals surface area contributed by atoms with Gasteiger partial charge in [0.2, 0.25) is 0 Å². The number of nitrogens with zero attached hydrogens (tertiary/aromatic N) is 2. The first-order chi connectivity index (χ1) is 8.38. The first-order valence-corrected chi connectivity index (χ1v) is 7.62. The predicted molar refractivity (Wildman–Crippen MR) is 77.8 cm³/mol. The van der Waals surface area contributed by atoms with Crippen LogP contribution in [0.25, 0.3) is 0 Å². The third-order valence-electron chi connectivity index (χ3n) is 3.18. The van der Waals surface area contributed by atoms with Crippen LogP contribution in [0.2, 0.25) is 0 Å². The smallest absolute Gasteiger partial charge is 0.108 e. The summed E-state index contributed by atoms with van der Waals surface area (Å²) in [6.07, 6.45) is 14.5. The van der Waals surface area contributed by atoms with Gasteiger partial charge < -0.3 is 4.57 Å². The molecular weight excluding hydrogens is 228 g/mol. The highest BCUT2D eigenvalue weighted by molar-refractivity contribution is 7.80. The fourth-order valence-corrected chi connectivity index (χ4v) is 2.36. The summed E-state index contributed by atoms with van der Waals surface area (Å²) in [5, 5.41) is 0. The van der Waals surface area contributed by atoms with E-state index in [0.29, 0.717) is 0 Å². The van der Waals surface area contributed by atoms with E-state index in [1.165, 1.54) is 50.8 Å². The molecule has 0 aromatic carbocycles. The van der Waals surface area contributed by atoms with E-state index in [9.17, 15) is 0 Å². The van der Waals surface area contributed by atoms with Crippen LogP contribution in [0.4, 0.5) is 0 Å². The summed E-state index contributed by atoms with van der Waals surface area (Å²) in [6, 6.07) is 0. The molecule has 17 heavy (non-hydrogen) atoms. The van der Waals surface area contributed by atoms with E-state index >= 15 is 0 Å². The van der Waals surface area contributed by atoms with Gasteiger partial charge in [0.15, 0.2) is 0 Å². The molecule has 0 spiro atoms. The number of aromatic nitrogens is 2. The molecule has 1 heterocycles. The molecule has 3 heteroatoms. The van der Waals surface area contributed by atoms with Crippen molar-refractivity contribution in [2.75, 3.05) is 5.75 Å². The SMILES string of the molecule is CCc1nccn1CCCCCCCCCS. The van der Waals surface area contributed by atoms with Gasteiger partial charge in [-0.2, -0.15) is 12.6 Å². The molecule has 0 amide bonds. The molecule has 0 radical (unpaired) electrons. The van der Waals surface area contributed by atoms with Crippen LogP contribution in [-0.4, -0.2) is 15.3 Å². The third-order valence-corrected chi connectivity index (χ3v) is 3.49. The Kier molecular flexibility index (Phi) is 8.24. The molecule has 0 saturated carbocycles. The number of hydrogen-bond acceptors (Lipinski definition) is 2. The van der Waals surface area contributed by atoms with Crippen LogP contribution < -0.4 is 0 Å². The van der Waals surface area contributed by atoms with Crippen molar-refractivity contribution in [3.63, 3.8) is 0 Å². The maximum atomic E-state index is 4.34. The molecule has 1 aromatic rings. The normalized spacial score (nSPS) is 10.9. The molecule has 1 rings (SSSR count). The first kappa shape index (κ1) is 14.6. The Morgan fingerprint density at radius 2 is 1.71 bits per heavy atom. The summed E-state index contributed by atoms with van der Waals surface area (Å²) in [4.78, 5) is 4.34. The van der Waals surface area contributed by atoms with Gasteiger partial charge in [-0.1, -0.05) is 39.0 Å². The standard InChI is InChI=1S/C14H26N2S/c1-2-14-15-10-12-16(14)11-8-6-4-3-5-7-9-13-17/h10,12,17H,2-9,11,13H2,1H3. The number of hydrogen-bond donors (Lipinski definition) is 1. The van der Waals surface area contributed by atoms with Crippen LogP contribution in [0.3, 0.4) is 0 Å². The third kappa shape index (κ3) is 6.16. The zero-order valence-electron chi connectivity index (χ0n) is 11.1. The average Bonchev–Trinajstić information content (AvgIpc) is 2.80. The van der Waals surface area contributed by atoms with Crippen LogP contribution in [-0.2, 0) is 13.0 Å². The van der Waals surface area contributed by atoms with Gasteiger partial charge in [0.1, 0.15) is 5.82 Å². The molecule has 0 saturated heterocycles. The van der Waals surface area contributed by atoms with E-state index in [-0.39, 0.29) is 0 Å². The molecule has 0 bridgehead atoms. The van der Waals surface area contributed by atoms with Gasteiger partial charge in [-0.3, -0.25) is 0 Å². The summed E-state index contributed by atoms with van der Waals surface area (Å²) < 4.78 is 2.29. The van der Waals surface area contributed by atoms with Gasteiger partial charge in [0.05, 0.1) is 0 Å². The van der Waals surface area contributed by atoms with E-state index in [1.54, 1.807) is 0 Å². The zero-order chi connectivity index (χ0) is 12.3. The minimum atomic E-state index is 1.04. The Morgan fingerprint density at radius 3 is 2.35 bits per heavy atom. The Morgan fingerprint density at radius 1 is 1.06 bits per heavy atom. The van der Waals surface area contributed by atoms with Crippen molar-refractivity contribution in [1.82, 2.24) is 9.55 Å². The summed E-state index contributed by atoms with van der Waals surface area (Å²) in [5.41, 5.74) is 0. The number of thiol groups is 1. The second-order valence-electron chi connectivity index (χ2n) is 4.59. The van der Waals surface area contributed by atoms with Crippen molar-refractivity contribution in [3.05, 3.63) is 18.2 Å². The number of aryl methyl sites for hydroxylation is 2. The molecular formula is C14H26N2S. The molecule has 0 unspecified atom stereocenters. The fourth-order valence-electron chi connectivity index (χ4n) is 2.14. The molecule has 0 aliphatic heterocycles. The molecule has 0 N–H and O–H groups in total. The molecule has 2 nitrogen and oxygen atoms in total. The maximum Gasteiger partial charge on any atom is 0.108 e.